The third-order valence-corrected chi connectivity index (χ3v) is 3.22. The maximum absolute atomic E-state index is 11.8. The molecule has 8 nitrogen and oxygen atoms in total. The summed E-state index contributed by atoms with van der Waals surface area (Å²) in [7, 11) is 1.21. The van der Waals surface area contributed by atoms with Crippen molar-refractivity contribution in [2.75, 3.05) is 13.7 Å². The normalized spacial score (nSPS) is 19.8. The van der Waals surface area contributed by atoms with E-state index in [-0.39, 0.29) is 32.2 Å². The molecule has 0 saturated carbocycles. The third kappa shape index (κ3) is 3.94. The third-order valence-electron chi connectivity index (χ3n) is 3.22. The van der Waals surface area contributed by atoms with Gasteiger partial charge in [-0.05, 0) is 12.8 Å². The van der Waals surface area contributed by atoms with Crippen LogP contribution in [0.15, 0.2) is 0 Å². The Morgan fingerprint density at radius 1 is 1.40 bits per heavy atom. The van der Waals surface area contributed by atoms with Crippen LogP contribution in [-0.2, 0) is 23.9 Å². The molecule has 0 aromatic heterocycles. The molecule has 20 heavy (non-hydrogen) atoms. The molecule has 1 aliphatic rings. The van der Waals surface area contributed by atoms with Crippen LogP contribution in [-0.4, -0.2) is 58.6 Å². The highest BCUT2D eigenvalue weighted by Gasteiger charge is 2.40. The van der Waals surface area contributed by atoms with Crippen molar-refractivity contribution in [2.45, 2.75) is 31.7 Å². The smallest absolute Gasteiger partial charge is 0.326 e. The van der Waals surface area contributed by atoms with Gasteiger partial charge in [-0.25, -0.2) is 4.79 Å². The Labute approximate surface area is 115 Å². The Kier molecular flexibility index (Phi) is 5.48. The van der Waals surface area contributed by atoms with Gasteiger partial charge in [0.1, 0.15) is 6.04 Å². The molecule has 0 aromatic carbocycles. The molecule has 0 aromatic rings. The largest absolute Gasteiger partial charge is 0.481 e. The van der Waals surface area contributed by atoms with E-state index in [1.807, 2.05) is 0 Å². The van der Waals surface area contributed by atoms with E-state index in [1.165, 1.54) is 7.11 Å². The lowest BCUT2D eigenvalue weighted by Crippen LogP contribution is -2.42. The van der Waals surface area contributed by atoms with Gasteiger partial charge in [0.05, 0.1) is 13.0 Å². The number of carboxylic acids is 2. The SMILES string of the molecule is COC(=O)C1CC(=O)N([C@H](CCCC(=O)O)C(=O)O)C1. The minimum Gasteiger partial charge on any atom is -0.481 e. The van der Waals surface area contributed by atoms with Crippen molar-refractivity contribution < 1.29 is 34.1 Å². The molecule has 1 saturated heterocycles. The van der Waals surface area contributed by atoms with Crippen molar-refractivity contribution in [3.63, 3.8) is 0 Å². The van der Waals surface area contributed by atoms with Gasteiger partial charge in [0.25, 0.3) is 0 Å². The molecule has 1 amide bonds. The molecule has 1 aliphatic heterocycles. The Morgan fingerprint density at radius 2 is 2.05 bits per heavy atom. The molecule has 1 rings (SSSR count). The van der Waals surface area contributed by atoms with Crippen LogP contribution in [0.3, 0.4) is 0 Å². The van der Waals surface area contributed by atoms with Gasteiger partial charge in [-0.15, -0.1) is 0 Å². The summed E-state index contributed by atoms with van der Waals surface area (Å²) >= 11 is 0. The van der Waals surface area contributed by atoms with Gasteiger partial charge in [0.2, 0.25) is 5.91 Å². The van der Waals surface area contributed by atoms with Crippen molar-refractivity contribution in [1.29, 1.82) is 0 Å². The summed E-state index contributed by atoms with van der Waals surface area (Å²) in [5, 5.41) is 17.7. The lowest BCUT2D eigenvalue weighted by Gasteiger charge is -2.24. The predicted octanol–water partition coefficient (Wildman–Crippen LogP) is -0.284. The Bertz CT molecular complexity index is 420. The fourth-order valence-electron chi connectivity index (χ4n) is 2.22. The number of carboxylic acid groups (broad SMARTS) is 2. The van der Waals surface area contributed by atoms with E-state index in [9.17, 15) is 19.2 Å². The predicted molar refractivity (Wildman–Crippen MR) is 64.7 cm³/mol. The molecule has 1 heterocycles. The first kappa shape index (κ1) is 15.9. The lowest BCUT2D eigenvalue weighted by molar-refractivity contribution is -0.149. The van der Waals surface area contributed by atoms with Gasteiger partial charge in [-0.3, -0.25) is 14.4 Å². The van der Waals surface area contributed by atoms with Gasteiger partial charge in [0, 0.05) is 19.4 Å². The van der Waals surface area contributed by atoms with Gasteiger partial charge < -0.3 is 19.8 Å². The molecule has 0 bridgehead atoms. The number of esters is 1. The van der Waals surface area contributed by atoms with Crippen LogP contribution in [0, 0.1) is 5.92 Å². The number of aliphatic carboxylic acids is 2. The highest BCUT2D eigenvalue weighted by Crippen LogP contribution is 2.23. The van der Waals surface area contributed by atoms with E-state index >= 15 is 0 Å². The van der Waals surface area contributed by atoms with Gasteiger partial charge in [-0.2, -0.15) is 0 Å². The average Bonchev–Trinajstić information content (AvgIpc) is 2.75. The molecule has 0 aliphatic carbocycles. The van der Waals surface area contributed by atoms with E-state index in [0.717, 1.165) is 4.90 Å². The Morgan fingerprint density at radius 3 is 2.55 bits per heavy atom. The van der Waals surface area contributed by atoms with Gasteiger partial charge in [-0.1, -0.05) is 0 Å². The minimum absolute atomic E-state index is 0.00442. The molecule has 1 fully saturated rings. The van der Waals surface area contributed by atoms with Crippen LogP contribution in [0.5, 0.6) is 0 Å². The summed E-state index contributed by atoms with van der Waals surface area (Å²) in [4.78, 5) is 45.9. The number of hydrogen-bond acceptors (Lipinski definition) is 5. The van der Waals surface area contributed by atoms with Crippen LogP contribution in [0.4, 0.5) is 0 Å². The zero-order chi connectivity index (χ0) is 15.3. The van der Waals surface area contributed by atoms with Crippen LogP contribution in [0.1, 0.15) is 25.7 Å². The fourth-order valence-corrected chi connectivity index (χ4v) is 2.22. The monoisotopic (exact) mass is 287 g/mol. The minimum atomic E-state index is -1.20. The number of hydrogen-bond donors (Lipinski definition) is 2. The summed E-state index contributed by atoms with van der Waals surface area (Å²) < 4.78 is 4.54. The number of rotatable bonds is 7. The van der Waals surface area contributed by atoms with Crippen LogP contribution < -0.4 is 0 Å². The first-order chi connectivity index (χ1) is 9.36. The summed E-state index contributed by atoms with van der Waals surface area (Å²) in [6.07, 6.45) is -0.0398. The average molecular weight is 287 g/mol. The first-order valence-electron chi connectivity index (χ1n) is 6.18. The van der Waals surface area contributed by atoms with E-state index in [4.69, 9.17) is 10.2 Å². The highest BCUT2D eigenvalue weighted by atomic mass is 16.5. The number of ether oxygens (including phenoxy) is 1. The van der Waals surface area contributed by atoms with Crippen molar-refractivity contribution in [3.05, 3.63) is 0 Å². The first-order valence-corrected chi connectivity index (χ1v) is 6.18. The Balaban J connectivity index is 2.67. The van der Waals surface area contributed by atoms with E-state index in [1.54, 1.807) is 0 Å². The second-order valence-corrected chi connectivity index (χ2v) is 4.61. The molecule has 112 valence electrons. The number of carbonyl (C=O) groups is 4. The van der Waals surface area contributed by atoms with E-state index in [2.05, 4.69) is 4.74 Å². The van der Waals surface area contributed by atoms with Crippen molar-refractivity contribution >= 4 is 23.8 Å². The van der Waals surface area contributed by atoms with Crippen LogP contribution in [0.2, 0.25) is 0 Å². The molecular formula is C12H17NO7. The number of likely N-dealkylation sites (tertiary alicyclic amines) is 1. The van der Waals surface area contributed by atoms with Gasteiger partial charge in [0.15, 0.2) is 0 Å². The van der Waals surface area contributed by atoms with Gasteiger partial charge >= 0.3 is 17.9 Å². The van der Waals surface area contributed by atoms with E-state index in [0.29, 0.717) is 0 Å². The molecule has 2 N–H and O–H groups in total. The van der Waals surface area contributed by atoms with Crippen molar-refractivity contribution in [2.24, 2.45) is 5.92 Å². The number of carbonyl (C=O) groups excluding carboxylic acids is 2. The number of amides is 1. The standard InChI is InChI=1S/C12H17NO7/c1-20-12(19)7-5-9(14)13(6-7)8(11(17)18)3-2-4-10(15)16/h7-8H,2-6H2,1H3,(H,15,16)(H,17,18)/t7?,8-/m1/s1. The topological polar surface area (TPSA) is 121 Å². The molecule has 1 unspecified atom stereocenters. The quantitative estimate of drug-likeness (QED) is 0.617. The number of nitrogens with zero attached hydrogens (tertiary/aromatic N) is 1. The van der Waals surface area contributed by atoms with E-state index < -0.39 is 35.8 Å². The maximum Gasteiger partial charge on any atom is 0.326 e. The van der Waals surface area contributed by atoms with Crippen LogP contribution in [0.25, 0.3) is 0 Å². The zero-order valence-corrected chi connectivity index (χ0v) is 11.1. The van der Waals surface area contributed by atoms with Crippen molar-refractivity contribution in [3.8, 4) is 0 Å². The molecule has 8 heteroatoms. The highest BCUT2D eigenvalue weighted by molar-refractivity contribution is 5.90. The fraction of sp³-hybridized carbons (Fsp3) is 0.667. The summed E-state index contributed by atoms with van der Waals surface area (Å²) in [6.45, 7) is -0.00442. The zero-order valence-electron chi connectivity index (χ0n) is 11.1. The summed E-state index contributed by atoms with van der Waals surface area (Å²) in [5.41, 5.74) is 0. The summed E-state index contributed by atoms with van der Waals surface area (Å²) in [6, 6.07) is -1.10. The van der Waals surface area contributed by atoms with Crippen LogP contribution >= 0.6 is 0 Å². The Hall–Kier alpha value is -2.12. The lowest BCUT2D eigenvalue weighted by atomic mass is 10.1. The summed E-state index contributed by atoms with van der Waals surface area (Å²) in [5.74, 6) is -3.85. The molecule has 0 spiro atoms. The molecule has 2 atom stereocenters. The maximum atomic E-state index is 11.8. The second-order valence-electron chi connectivity index (χ2n) is 4.61. The molecular weight excluding hydrogens is 270 g/mol. The van der Waals surface area contributed by atoms with Crippen molar-refractivity contribution in [1.82, 2.24) is 4.90 Å². The number of methoxy groups -OCH3 is 1. The second kappa shape index (κ2) is 6.88. The molecule has 0 radical (unpaired) electrons.